The molecule has 1 atom stereocenters. The third-order valence-electron chi connectivity index (χ3n) is 4.82. The highest BCUT2D eigenvalue weighted by atomic mass is 16.5. The first-order valence-electron chi connectivity index (χ1n) is 7.88. The van der Waals surface area contributed by atoms with E-state index in [4.69, 9.17) is 10.3 Å². The molecule has 21 heavy (non-hydrogen) atoms. The van der Waals surface area contributed by atoms with Gasteiger partial charge in [-0.05, 0) is 43.2 Å². The largest absolute Gasteiger partial charge is 0.339 e. The van der Waals surface area contributed by atoms with E-state index in [1.165, 1.54) is 11.1 Å². The lowest BCUT2D eigenvalue weighted by Gasteiger charge is -2.23. The molecule has 0 fully saturated rings. The number of aromatic nitrogens is 2. The summed E-state index contributed by atoms with van der Waals surface area (Å²) in [6, 6.07) is 8.56. The molecule has 2 N–H and O–H groups in total. The molecule has 0 aliphatic heterocycles. The zero-order valence-corrected chi connectivity index (χ0v) is 12.8. The van der Waals surface area contributed by atoms with Crippen molar-refractivity contribution >= 4 is 0 Å². The molecule has 2 aromatic rings. The summed E-state index contributed by atoms with van der Waals surface area (Å²) in [6.07, 6.45) is 4.98. The summed E-state index contributed by atoms with van der Waals surface area (Å²) in [5, 5.41) is 4.17. The maximum Gasteiger partial charge on any atom is 0.234 e. The highest BCUT2D eigenvalue weighted by Gasteiger charge is 2.32. The van der Waals surface area contributed by atoms with Crippen molar-refractivity contribution in [1.82, 2.24) is 10.1 Å². The number of aryl methyl sites for hydroxylation is 1. The van der Waals surface area contributed by atoms with Crippen molar-refractivity contribution in [2.75, 3.05) is 0 Å². The minimum atomic E-state index is -0.476. The van der Waals surface area contributed by atoms with Crippen LogP contribution < -0.4 is 5.73 Å². The van der Waals surface area contributed by atoms with Crippen molar-refractivity contribution < 1.29 is 4.52 Å². The SMILES string of the molecule is CCC(N)(CC)c1noc(C2CCCc3ccccc32)n1. The predicted octanol–water partition coefficient (Wildman–Crippen LogP) is 3.51. The van der Waals surface area contributed by atoms with Gasteiger partial charge in [0.05, 0.1) is 11.5 Å². The lowest BCUT2D eigenvalue weighted by Crippen LogP contribution is -2.36. The number of nitrogens with two attached hydrogens (primary N) is 1. The molecule has 0 saturated carbocycles. The average molecular weight is 285 g/mol. The maximum atomic E-state index is 6.37. The van der Waals surface area contributed by atoms with Gasteiger partial charge in [-0.3, -0.25) is 0 Å². The summed E-state index contributed by atoms with van der Waals surface area (Å²) in [5.74, 6) is 1.58. The van der Waals surface area contributed by atoms with E-state index in [1.807, 2.05) is 0 Å². The van der Waals surface area contributed by atoms with Crippen molar-refractivity contribution in [2.45, 2.75) is 57.4 Å². The molecule has 4 nitrogen and oxygen atoms in total. The van der Waals surface area contributed by atoms with E-state index in [-0.39, 0.29) is 5.92 Å². The van der Waals surface area contributed by atoms with Gasteiger partial charge in [-0.1, -0.05) is 43.3 Å². The normalized spacial score (nSPS) is 18.5. The van der Waals surface area contributed by atoms with Gasteiger partial charge < -0.3 is 10.3 Å². The minimum Gasteiger partial charge on any atom is -0.339 e. The van der Waals surface area contributed by atoms with Crippen molar-refractivity contribution in [3.8, 4) is 0 Å². The fourth-order valence-electron chi connectivity index (χ4n) is 3.16. The Bertz CT molecular complexity index is 616. The van der Waals surface area contributed by atoms with Gasteiger partial charge in [0.2, 0.25) is 5.89 Å². The smallest absolute Gasteiger partial charge is 0.234 e. The highest BCUT2D eigenvalue weighted by Crippen LogP contribution is 2.36. The first kappa shape index (κ1) is 14.3. The summed E-state index contributed by atoms with van der Waals surface area (Å²) in [6.45, 7) is 4.13. The Labute approximate surface area is 125 Å². The van der Waals surface area contributed by atoms with E-state index in [0.29, 0.717) is 11.7 Å². The van der Waals surface area contributed by atoms with E-state index in [1.54, 1.807) is 0 Å². The Balaban J connectivity index is 1.95. The average Bonchev–Trinajstić information content (AvgIpc) is 3.04. The molecule has 1 aliphatic carbocycles. The van der Waals surface area contributed by atoms with Gasteiger partial charge in [0.25, 0.3) is 0 Å². The number of benzene rings is 1. The van der Waals surface area contributed by atoms with Crippen LogP contribution in [0.2, 0.25) is 0 Å². The number of hydrogen-bond acceptors (Lipinski definition) is 4. The fourth-order valence-corrected chi connectivity index (χ4v) is 3.16. The lowest BCUT2D eigenvalue weighted by atomic mass is 9.83. The number of fused-ring (bicyclic) bond motifs is 1. The molecule has 1 aromatic heterocycles. The van der Waals surface area contributed by atoms with Crippen LogP contribution in [0.1, 0.15) is 68.3 Å². The first-order valence-corrected chi connectivity index (χ1v) is 7.88. The van der Waals surface area contributed by atoms with Gasteiger partial charge in [0.1, 0.15) is 0 Å². The van der Waals surface area contributed by atoms with Gasteiger partial charge in [0, 0.05) is 0 Å². The number of hydrogen-bond donors (Lipinski definition) is 1. The molecule has 0 saturated heterocycles. The number of rotatable bonds is 4. The van der Waals surface area contributed by atoms with Crippen LogP contribution in [0.3, 0.4) is 0 Å². The predicted molar refractivity (Wildman–Crippen MR) is 82.0 cm³/mol. The van der Waals surface area contributed by atoms with Gasteiger partial charge in [-0.15, -0.1) is 0 Å². The lowest BCUT2D eigenvalue weighted by molar-refractivity contribution is 0.325. The molecule has 0 amide bonds. The molecule has 3 rings (SSSR count). The molecule has 1 aromatic carbocycles. The van der Waals surface area contributed by atoms with Crippen LogP contribution in [0.5, 0.6) is 0 Å². The molecule has 1 heterocycles. The third-order valence-corrected chi connectivity index (χ3v) is 4.82. The van der Waals surface area contributed by atoms with Gasteiger partial charge in [-0.25, -0.2) is 0 Å². The Kier molecular flexibility index (Phi) is 3.81. The zero-order valence-electron chi connectivity index (χ0n) is 12.8. The Morgan fingerprint density at radius 1 is 1.29 bits per heavy atom. The van der Waals surface area contributed by atoms with Crippen molar-refractivity contribution in [3.63, 3.8) is 0 Å². The van der Waals surface area contributed by atoms with Crippen molar-refractivity contribution in [3.05, 3.63) is 47.1 Å². The monoisotopic (exact) mass is 285 g/mol. The fraction of sp³-hybridized carbons (Fsp3) is 0.529. The van der Waals surface area contributed by atoms with E-state index in [2.05, 4.69) is 48.3 Å². The Morgan fingerprint density at radius 3 is 2.81 bits per heavy atom. The summed E-state index contributed by atoms with van der Waals surface area (Å²) < 4.78 is 5.57. The van der Waals surface area contributed by atoms with Crippen molar-refractivity contribution in [2.24, 2.45) is 5.73 Å². The van der Waals surface area contributed by atoms with Crippen LogP contribution in [-0.4, -0.2) is 10.1 Å². The molecule has 112 valence electrons. The summed E-state index contributed by atoms with van der Waals surface area (Å²) in [5.41, 5.74) is 8.62. The van der Waals surface area contributed by atoms with Gasteiger partial charge >= 0.3 is 0 Å². The second kappa shape index (κ2) is 5.60. The van der Waals surface area contributed by atoms with Crippen LogP contribution in [0, 0.1) is 0 Å². The van der Waals surface area contributed by atoms with Crippen LogP contribution >= 0.6 is 0 Å². The molecular weight excluding hydrogens is 262 g/mol. The molecule has 1 unspecified atom stereocenters. The molecule has 0 spiro atoms. The van der Waals surface area contributed by atoms with E-state index < -0.39 is 5.54 Å². The van der Waals surface area contributed by atoms with Gasteiger partial charge in [0.15, 0.2) is 5.82 Å². The second-order valence-corrected chi connectivity index (χ2v) is 5.96. The standard InChI is InChI=1S/C17H23N3O/c1-3-17(18,4-2)16-19-15(21-20-16)14-11-7-9-12-8-5-6-10-13(12)14/h5-6,8,10,14H,3-4,7,9,11,18H2,1-2H3. The molecule has 0 radical (unpaired) electrons. The minimum absolute atomic E-state index is 0.217. The van der Waals surface area contributed by atoms with Crippen LogP contribution in [-0.2, 0) is 12.0 Å². The van der Waals surface area contributed by atoms with E-state index in [0.717, 1.165) is 32.1 Å². The molecule has 0 bridgehead atoms. The third kappa shape index (κ3) is 2.48. The van der Waals surface area contributed by atoms with Crippen molar-refractivity contribution in [1.29, 1.82) is 0 Å². The first-order chi connectivity index (χ1) is 10.2. The molecule has 4 heteroatoms. The van der Waals surface area contributed by atoms with E-state index >= 15 is 0 Å². The van der Waals surface area contributed by atoms with Crippen LogP contribution in [0.25, 0.3) is 0 Å². The Morgan fingerprint density at radius 2 is 2.05 bits per heavy atom. The summed E-state index contributed by atoms with van der Waals surface area (Å²) in [4.78, 5) is 4.64. The quantitative estimate of drug-likeness (QED) is 0.933. The maximum absolute atomic E-state index is 6.37. The van der Waals surface area contributed by atoms with E-state index in [9.17, 15) is 0 Å². The molecule has 1 aliphatic rings. The molecular formula is C17H23N3O. The van der Waals surface area contributed by atoms with Crippen LogP contribution in [0.15, 0.2) is 28.8 Å². The highest BCUT2D eigenvalue weighted by molar-refractivity contribution is 5.35. The topological polar surface area (TPSA) is 64.9 Å². The zero-order chi connectivity index (χ0) is 14.9. The Hall–Kier alpha value is -1.68. The number of nitrogens with zero attached hydrogens (tertiary/aromatic N) is 2. The van der Waals surface area contributed by atoms with Crippen LogP contribution in [0.4, 0.5) is 0 Å². The second-order valence-electron chi connectivity index (χ2n) is 5.96. The summed E-state index contributed by atoms with van der Waals surface area (Å²) >= 11 is 0. The van der Waals surface area contributed by atoms with Gasteiger partial charge in [-0.2, -0.15) is 4.98 Å². The summed E-state index contributed by atoms with van der Waals surface area (Å²) in [7, 11) is 0.